The van der Waals surface area contributed by atoms with Gasteiger partial charge in [0.05, 0.1) is 14.3 Å². The van der Waals surface area contributed by atoms with Crippen LogP contribution in [0.15, 0.2) is 72.8 Å². The second kappa shape index (κ2) is 21.6. The highest BCUT2D eigenvalue weighted by Gasteiger charge is 2.35. The molecule has 0 bridgehead atoms. The summed E-state index contributed by atoms with van der Waals surface area (Å²) in [6.07, 6.45) is 14.0. The summed E-state index contributed by atoms with van der Waals surface area (Å²) in [7, 11) is 0. The van der Waals surface area contributed by atoms with Gasteiger partial charge in [0.2, 0.25) is 0 Å². The van der Waals surface area contributed by atoms with Gasteiger partial charge in [0.1, 0.15) is 45.7 Å². The normalized spacial score (nSPS) is 15.9. The lowest BCUT2D eigenvalue weighted by Crippen LogP contribution is -2.38. The maximum absolute atomic E-state index is 12.7. The third-order valence-corrected chi connectivity index (χ3v) is 14.5. The molecule has 6 rings (SSSR count). The minimum atomic E-state index is -0.339. The fraction of sp³-hybridized carbons (Fsp3) is 0.435. The Bertz CT molecular complexity index is 1860. The van der Waals surface area contributed by atoms with E-state index < -0.39 is 0 Å². The molecule has 0 N–H and O–H groups in total. The number of ether oxygens (including phenoxy) is 6. The molecule has 0 amide bonds. The Balaban J connectivity index is 0.951. The van der Waals surface area contributed by atoms with Crippen molar-refractivity contribution in [2.24, 2.45) is 0 Å². The van der Waals surface area contributed by atoms with Crippen molar-refractivity contribution in [3.63, 3.8) is 0 Å². The fourth-order valence-electron chi connectivity index (χ4n) is 7.65. The average Bonchev–Trinajstić information content (AvgIpc) is 3.23. The van der Waals surface area contributed by atoms with E-state index in [0.29, 0.717) is 11.5 Å². The summed E-state index contributed by atoms with van der Waals surface area (Å²) in [6, 6.07) is 24.0. The standard InChI is InChI=1S/C46H50I4O8/c1-3-45(21-7-5-8-22-45)57-43(51)29-53-39-25-37(49)41(27-35(39)47)55-33-17-13-31(14-18-33)11-12-32-15-19-34(20-16-32)56-42-28-36(48)40(26-38(42)50)54-30-44(52)58-46(4-2)23-9-6-10-24-46/h13-20,25-28H,3-12,21-24,29-30H2,1-2H3. The third-order valence-electron chi connectivity index (χ3n) is 11.1. The van der Waals surface area contributed by atoms with Gasteiger partial charge in [-0.3, -0.25) is 0 Å². The predicted octanol–water partition coefficient (Wildman–Crippen LogP) is 13.5. The molecule has 2 aliphatic carbocycles. The summed E-state index contributed by atoms with van der Waals surface area (Å²) in [6.45, 7) is 3.96. The monoisotopic (exact) mass is 1240 g/mol. The first kappa shape index (κ1) is 45.5. The van der Waals surface area contributed by atoms with Crippen LogP contribution in [-0.4, -0.2) is 36.4 Å². The second-order valence-electron chi connectivity index (χ2n) is 15.1. The van der Waals surface area contributed by atoms with Crippen molar-refractivity contribution in [2.75, 3.05) is 13.2 Å². The van der Waals surface area contributed by atoms with Crippen LogP contribution in [0.4, 0.5) is 0 Å². The number of hydrogen-bond donors (Lipinski definition) is 0. The van der Waals surface area contributed by atoms with Crippen molar-refractivity contribution in [3.8, 4) is 34.5 Å². The highest BCUT2D eigenvalue weighted by atomic mass is 127. The zero-order chi connectivity index (χ0) is 41.1. The summed E-state index contributed by atoms with van der Waals surface area (Å²) in [5.74, 6) is 3.61. The lowest BCUT2D eigenvalue weighted by molar-refractivity contribution is -0.167. The van der Waals surface area contributed by atoms with Crippen LogP contribution in [0.5, 0.6) is 34.5 Å². The van der Waals surface area contributed by atoms with Gasteiger partial charge < -0.3 is 28.4 Å². The molecule has 0 radical (unpaired) electrons. The van der Waals surface area contributed by atoms with Crippen LogP contribution in [0.2, 0.25) is 0 Å². The number of hydrogen-bond acceptors (Lipinski definition) is 8. The van der Waals surface area contributed by atoms with Gasteiger partial charge in [-0.1, -0.05) is 51.0 Å². The molecule has 2 fully saturated rings. The molecule has 58 heavy (non-hydrogen) atoms. The molecule has 0 aliphatic heterocycles. The fourth-order valence-corrected chi connectivity index (χ4v) is 9.94. The van der Waals surface area contributed by atoms with Crippen molar-refractivity contribution in [1.82, 2.24) is 0 Å². The Morgan fingerprint density at radius 1 is 0.500 bits per heavy atom. The van der Waals surface area contributed by atoms with Crippen molar-refractivity contribution in [2.45, 2.75) is 115 Å². The molecule has 4 aromatic carbocycles. The molecule has 0 aromatic heterocycles. The van der Waals surface area contributed by atoms with Crippen molar-refractivity contribution in [1.29, 1.82) is 0 Å². The molecule has 310 valence electrons. The molecule has 12 heteroatoms. The van der Waals surface area contributed by atoms with Gasteiger partial charge >= 0.3 is 11.9 Å². The van der Waals surface area contributed by atoms with Crippen LogP contribution in [0.3, 0.4) is 0 Å². The minimum absolute atomic E-state index is 0.112. The molecular weight excluding hydrogens is 1190 g/mol. The van der Waals surface area contributed by atoms with E-state index in [1.165, 1.54) is 24.0 Å². The van der Waals surface area contributed by atoms with Gasteiger partial charge in [-0.05, 0) is 227 Å². The topological polar surface area (TPSA) is 89.5 Å². The summed E-state index contributed by atoms with van der Waals surface area (Å²) in [5, 5.41) is 0. The highest BCUT2D eigenvalue weighted by Crippen LogP contribution is 2.38. The Morgan fingerprint density at radius 3 is 1.17 bits per heavy atom. The predicted molar refractivity (Wildman–Crippen MR) is 260 cm³/mol. The zero-order valence-electron chi connectivity index (χ0n) is 33.0. The zero-order valence-corrected chi connectivity index (χ0v) is 41.6. The molecule has 0 heterocycles. The molecule has 2 aliphatic rings. The van der Waals surface area contributed by atoms with Crippen molar-refractivity contribution < 1.29 is 38.0 Å². The van der Waals surface area contributed by atoms with Gasteiger partial charge in [0.25, 0.3) is 0 Å². The van der Waals surface area contributed by atoms with E-state index in [9.17, 15) is 9.59 Å². The van der Waals surface area contributed by atoms with Crippen LogP contribution in [0.25, 0.3) is 0 Å². The van der Waals surface area contributed by atoms with Gasteiger partial charge in [0, 0.05) is 0 Å². The van der Waals surface area contributed by atoms with Gasteiger partial charge in [-0.15, -0.1) is 0 Å². The van der Waals surface area contributed by atoms with E-state index in [4.69, 9.17) is 28.4 Å². The smallest absolute Gasteiger partial charge is 0.344 e. The molecule has 0 unspecified atom stereocenters. The lowest BCUT2D eigenvalue weighted by Gasteiger charge is -2.35. The average molecular weight is 1240 g/mol. The Kier molecular flexibility index (Phi) is 17.0. The maximum atomic E-state index is 12.7. The highest BCUT2D eigenvalue weighted by molar-refractivity contribution is 14.1. The largest absolute Gasteiger partial charge is 0.481 e. The van der Waals surface area contributed by atoms with E-state index >= 15 is 0 Å². The Labute approximate surface area is 397 Å². The molecule has 2 saturated carbocycles. The van der Waals surface area contributed by atoms with Crippen molar-refractivity contribution >= 4 is 102 Å². The van der Waals surface area contributed by atoms with Crippen LogP contribution >= 0.6 is 90.4 Å². The number of carbonyl (C=O) groups excluding carboxylic acids is 2. The molecule has 0 spiro atoms. The van der Waals surface area contributed by atoms with Crippen LogP contribution < -0.4 is 18.9 Å². The van der Waals surface area contributed by atoms with E-state index in [-0.39, 0.29) is 36.4 Å². The SMILES string of the molecule is CCC1(OC(=O)COc2cc(I)c(Oc3ccc(CCc4ccc(Oc5cc(I)c(OCC(=O)OC6(CC)CCCCC6)cc5I)cc4)cc3)cc2I)CCCCC1. The van der Waals surface area contributed by atoms with E-state index in [0.717, 1.165) is 114 Å². The summed E-state index contributed by atoms with van der Waals surface area (Å²) in [5.41, 5.74) is 1.75. The van der Waals surface area contributed by atoms with E-state index in [2.05, 4.69) is 128 Å². The molecule has 0 saturated heterocycles. The van der Waals surface area contributed by atoms with Gasteiger partial charge in [0.15, 0.2) is 13.2 Å². The first-order chi connectivity index (χ1) is 28.0. The van der Waals surface area contributed by atoms with E-state index in [1.54, 1.807) is 0 Å². The number of benzene rings is 4. The quantitative estimate of drug-likeness (QED) is 0.0763. The molecule has 8 nitrogen and oxygen atoms in total. The lowest BCUT2D eigenvalue weighted by atomic mass is 9.83. The van der Waals surface area contributed by atoms with Crippen LogP contribution in [0.1, 0.15) is 102 Å². The first-order valence-electron chi connectivity index (χ1n) is 20.2. The van der Waals surface area contributed by atoms with Crippen molar-refractivity contribution in [3.05, 3.63) is 98.2 Å². The Hall–Kier alpha value is -2.06. The van der Waals surface area contributed by atoms with Crippen LogP contribution in [-0.2, 0) is 31.9 Å². The molecular formula is C46H50I4O8. The number of rotatable bonds is 17. The van der Waals surface area contributed by atoms with Crippen LogP contribution in [0, 0.1) is 14.3 Å². The third kappa shape index (κ3) is 12.7. The van der Waals surface area contributed by atoms with Gasteiger partial charge in [-0.2, -0.15) is 0 Å². The second-order valence-corrected chi connectivity index (χ2v) is 19.8. The number of halogens is 4. The molecule has 0 atom stereocenters. The molecule has 4 aromatic rings. The minimum Gasteiger partial charge on any atom is -0.481 e. The first-order valence-corrected chi connectivity index (χ1v) is 24.5. The summed E-state index contributed by atoms with van der Waals surface area (Å²) >= 11 is 8.91. The Morgan fingerprint density at radius 2 is 0.828 bits per heavy atom. The summed E-state index contributed by atoms with van der Waals surface area (Å²) < 4.78 is 39.7. The van der Waals surface area contributed by atoms with E-state index in [1.807, 2.05) is 48.5 Å². The van der Waals surface area contributed by atoms with Gasteiger partial charge in [-0.25, -0.2) is 9.59 Å². The summed E-state index contributed by atoms with van der Waals surface area (Å²) in [4.78, 5) is 25.4. The number of carbonyl (C=O) groups is 2. The maximum Gasteiger partial charge on any atom is 0.344 e. The number of esters is 2. The number of aryl methyl sites for hydroxylation is 2.